The van der Waals surface area contributed by atoms with Gasteiger partial charge in [-0.15, -0.1) is 0 Å². The van der Waals surface area contributed by atoms with Crippen LogP contribution in [0.3, 0.4) is 0 Å². The highest BCUT2D eigenvalue weighted by atomic mass is 16.2. The second-order valence-corrected chi connectivity index (χ2v) is 3.32. The van der Waals surface area contributed by atoms with Crippen LogP contribution >= 0.6 is 0 Å². The molecule has 0 amide bonds. The second kappa shape index (κ2) is 5.19. The predicted molar refractivity (Wildman–Crippen MR) is 63.6 cm³/mol. The maximum Gasteiger partial charge on any atom is 0.0929 e. The van der Waals surface area contributed by atoms with Crippen molar-refractivity contribution in [2.45, 2.75) is 0 Å². The SMILES string of the molecule is OCC=Cc1ccc(-c2cccnn2)cc1. The average Bonchev–Trinajstić information content (AvgIpc) is 2.38. The topological polar surface area (TPSA) is 46.0 Å². The van der Waals surface area contributed by atoms with E-state index in [1.165, 1.54) is 0 Å². The zero-order valence-electron chi connectivity index (χ0n) is 8.74. The summed E-state index contributed by atoms with van der Waals surface area (Å²) in [6.45, 7) is 0.0614. The maximum atomic E-state index is 8.66. The Morgan fingerprint density at radius 1 is 1.12 bits per heavy atom. The van der Waals surface area contributed by atoms with Gasteiger partial charge in [0.15, 0.2) is 0 Å². The number of rotatable bonds is 3. The fourth-order valence-electron chi connectivity index (χ4n) is 1.41. The van der Waals surface area contributed by atoms with Gasteiger partial charge in [0.25, 0.3) is 0 Å². The zero-order chi connectivity index (χ0) is 11.2. The number of nitrogens with zero attached hydrogens (tertiary/aromatic N) is 2. The van der Waals surface area contributed by atoms with Crippen LogP contribution in [-0.2, 0) is 0 Å². The van der Waals surface area contributed by atoms with Crippen LogP contribution < -0.4 is 0 Å². The molecule has 1 aromatic carbocycles. The number of aliphatic hydroxyl groups is 1. The number of aromatic nitrogens is 2. The molecule has 0 unspecified atom stereocenters. The molecule has 0 spiro atoms. The van der Waals surface area contributed by atoms with Crippen molar-refractivity contribution in [1.29, 1.82) is 0 Å². The molecular formula is C13H12N2O. The van der Waals surface area contributed by atoms with E-state index < -0.39 is 0 Å². The number of hydrogen-bond acceptors (Lipinski definition) is 3. The van der Waals surface area contributed by atoms with Crippen LogP contribution in [0.1, 0.15) is 5.56 Å². The van der Waals surface area contributed by atoms with Crippen LogP contribution in [0.4, 0.5) is 0 Å². The summed E-state index contributed by atoms with van der Waals surface area (Å²) in [4.78, 5) is 0. The van der Waals surface area contributed by atoms with E-state index in [4.69, 9.17) is 5.11 Å². The van der Waals surface area contributed by atoms with E-state index in [2.05, 4.69) is 10.2 Å². The summed E-state index contributed by atoms with van der Waals surface area (Å²) in [6, 6.07) is 11.7. The quantitative estimate of drug-likeness (QED) is 0.847. The maximum absolute atomic E-state index is 8.66. The molecule has 1 aromatic heterocycles. The molecule has 1 N–H and O–H groups in total. The summed E-state index contributed by atoms with van der Waals surface area (Å²) in [7, 11) is 0. The van der Waals surface area contributed by atoms with Crippen molar-refractivity contribution in [1.82, 2.24) is 10.2 Å². The summed E-state index contributed by atoms with van der Waals surface area (Å²) in [5, 5.41) is 16.5. The molecule has 80 valence electrons. The highest BCUT2D eigenvalue weighted by Gasteiger charge is 1.97. The van der Waals surface area contributed by atoms with Crippen molar-refractivity contribution in [3.05, 3.63) is 54.2 Å². The zero-order valence-corrected chi connectivity index (χ0v) is 8.74. The molecule has 1 heterocycles. The van der Waals surface area contributed by atoms with Gasteiger partial charge in [0.05, 0.1) is 12.3 Å². The number of benzene rings is 1. The molecule has 2 rings (SSSR count). The Balaban J connectivity index is 2.23. The summed E-state index contributed by atoms with van der Waals surface area (Å²) in [5.41, 5.74) is 2.95. The Kier molecular flexibility index (Phi) is 3.41. The molecule has 0 aliphatic carbocycles. The second-order valence-electron chi connectivity index (χ2n) is 3.32. The van der Waals surface area contributed by atoms with Crippen molar-refractivity contribution in [3.8, 4) is 11.3 Å². The number of hydrogen-bond donors (Lipinski definition) is 1. The summed E-state index contributed by atoms with van der Waals surface area (Å²) in [6.07, 6.45) is 5.24. The lowest BCUT2D eigenvalue weighted by Crippen LogP contribution is -1.85. The van der Waals surface area contributed by atoms with Gasteiger partial charge < -0.3 is 5.11 Å². The minimum absolute atomic E-state index is 0.0614. The Hall–Kier alpha value is -2.00. The first-order chi connectivity index (χ1) is 7.90. The smallest absolute Gasteiger partial charge is 0.0929 e. The van der Waals surface area contributed by atoms with Gasteiger partial charge >= 0.3 is 0 Å². The van der Waals surface area contributed by atoms with E-state index in [9.17, 15) is 0 Å². The fourth-order valence-corrected chi connectivity index (χ4v) is 1.41. The summed E-state index contributed by atoms with van der Waals surface area (Å²) >= 11 is 0. The largest absolute Gasteiger partial charge is 0.392 e. The molecule has 0 bridgehead atoms. The summed E-state index contributed by atoms with van der Waals surface area (Å²) < 4.78 is 0. The lowest BCUT2D eigenvalue weighted by atomic mass is 10.1. The van der Waals surface area contributed by atoms with Crippen LogP contribution in [0.5, 0.6) is 0 Å². The van der Waals surface area contributed by atoms with E-state index in [1.54, 1.807) is 12.3 Å². The fraction of sp³-hybridized carbons (Fsp3) is 0.0769. The van der Waals surface area contributed by atoms with Crippen molar-refractivity contribution < 1.29 is 5.11 Å². The van der Waals surface area contributed by atoms with Crippen molar-refractivity contribution in [3.63, 3.8) is 0 Å². The van der Waals surface area contributed by atoms with Crippen LogP contribution in [0, 0.1) is 0 Å². The van der Waals surface area contributed by atoms with Crippen LogP contribution in [0.15, 0.2) is 48.7 Å². The Labute approximate surface area is 94.1 Å². The first kappa shape index (κ1) is 10.5. The third-order valence-corrected chi connectivity index (χ3v) is 2.19. The van der Waals surface area contributed by atoms with Gasteiger partial charge in [0, 0.05) is 11.8 Å². The molecule has 0 saturated carbocycles. The van der Waals surface area contributed by atoms with E-state index in [-0.39, 0.29) is 6.61 Å². The molecule has 0 saturated heterocycles. The molecule has 0 fully saturated rings. The van der Waals surface area contributed by atoms with Gasteiger partial charge in [-0.2, -0.15) is 10.2 Å². The molecule has 0 aliphatic heterocycles. The highest BCUT2D eigenvalue weighted by Crippen LogP contribution is 2.16. The summed E-state index contributed by atoms with van der Waals surface area (Å²) in [5.74, 6) is 0. The normalized spacial score (nSPS) is 10.8. The van der Waals surface area contributed by atoms with E-state index in [0.29, 0.717) is 0 Å². The molecule has 3 nitrogen and oxygen atoms in total. The Morgan fingerprint density at radius 2 is 1.94 bits per heavy atom. The van der Waals surface area contributed by atoms with Crippen LogP contribution in [-0.4, -0.2) is 21.9 Å². The lowest BCUT2D eigenvalue weighted by Gasteiger charge is -1.99. The van der Waals surface area contributed by atoms with Gasteiger partial charge in [-0.1, -0.05) is 36.4 Å². The van der Waals surface area contributed by atoms with Crippen molar-refractivity contribution in [2.24, 2.45) is 0 Å². The highest BCUT2D eigenvalue weighted by molar-refractivity contribution is 5.61. The molecule has 3 heteroatoms. The van der Waals surface area contributed by atoms with Gasteiger partial charge in [-0.3, -0.25) is 0 Å². The molecule has 0 aliphatic rings. The molecule has 0 atom stereocenters. The monoisotopic (exact) mass is 212 g/mol. The van der Waals surface area contributed by atoms with E-state index >= 15 is 0 Å². The number of aliphatic hydroxyl groups excluding tert-OH is 1. The van der Waals surface area contributed by atoms with Crippen LogP contribution in [0.25, 0.3) is 17.3 Å². The Bertz CT molecular complexity index is 463. The van der Waals surface area contributed by atoms with Crippen molar-refractivity contribution >= 4 is 6.08 Å². The van der Waals surface area contributed by atoms with Crippen LogP contribution in [0.2, 0.25) is 0 Å². The first-order valence-electron chi connectivity index (χ1n) is 5.05. The molecule has 2 aromatic rings. The minimum atomic E-state index is 0.0614. The third kappa shape index (κ3) is 2.52. The third-order valence-electron chi connectivity index (χ3n) is 2.19. The Morgan fingerprint density at radius 3 is 2.56 bits per heavy atom. The molecule has 0 radical (unpaired) electrons. The average molecular weight is 212 g/mol. The predicted octanol–water partition coefficient (Wildman–Crippen LogP) is 2.15. The van der Waals surface area contributed by atoms with Gasteiger partial charge in [0.2, 0.25) is 0 Å². The minimum Gasteiger partial charge on any atom is -0.392 e. The van der Waals surface area contributed by atoms with E-state index in [0.717, 1.165) is 16.8 Å². The van der Waals surface area contributed by atoms with Crippen molar-refractivity contribution in [2.75, 3.05) is 6.61 Å². The molecular weight excluding hydrogens is 200 g/mol. The lowest BCUT2D eigenvalue weighted by molar-refractivity contribution is 0.343. The molecule has 16 heavy (non-hydrogen) atoms. The standard InChI is InChI=1S/C13H12N2O/c16-10-2-3-11-5-7-12(8-6-11)13-4-1-9-14-15-13/h1-9,16H,10H2. The van der Waals surface area contributed by atoms with Gasteiger partial charge in [-0.05, 0) is 17.7 Å². The van der Waals surface area contributed by atoms with Gasteiger partial charge in [-0.25, -0.2) is 0 Å². The van der Waals surface area contributed by atoms with E-state index in [1.807, 2.05) is 42.5 Å². The van der Waals surface area contributed by atoms with Gasteiger partial charge in [0.1, 0.15) is 0 Å². The first-order valence-corrected chi connectivity index (χ1v) is 5.05.